The number of rotatable bonds is 3. The number of nitrogens with one attached hydrogen (secondary N) is 1. The van der Waals surface area contributed by atoms with Gasteiger partial charge in [-0.15, -0.1) is 0 Å². The predicted molar refractivity (Wildman–Crippen MR) is 83.8 cm³/mol. The van der Waals surface area contributed by atoms with Crippen LogP contribution in [0.15, 0.2) is 59.5 Å². The van der Waals surface area contributed by atoms with Crippen LogP contribution in [-0.2, 0) is 9.84 Å². The van der Waals surface area contributed by atoms with Crippen LogP contribution in [0.1, 0.15) is 36.6 Å². The minimum Gasteiger partial charge on any atom is -0.303 e. The van der Waals surface area contributed by atoms with Gasteiger partial charge in [-0.2, -0.15) is 0 Å². The summed E-state index contributed by atoms with van der Waals surface area (Å²) < 4.78 is 24.3. The normalized spacial score (nSPS) is 21.5. The Morgan fingerprint density at radius 3 is 2.48 bits per heavy atom. The molecule has 1 unspecified atom stereocenters. The third-order valence-electron chi connectivity index (χ3n) is 4.06. The molecule has 2 atom stereocenters. The third-order valence-corrected chi connectivity index (χ3v) is 5.87. The fraction of sp³-hybridized carbons (Fsp3) is 0.294. The van der Waals surface area contributed by atoms with Gasteiger partial charge in [0, 0.05) is 12.1 Å². The summed E-state index contributed by atoms with van der Waals surface area (Å²) in [5.41, 5.74) is 2.11. The smallest absolute Gasteiger partial charge is 0.178 e. The van der Waals surface area contributed by atoms with Crippen molar-refractivity contribution in [1.82, 2.24) is 5.32 Å². The highest BCUT2D eigenvalue weighted by Gasteiger charge is 2.30. The molecule has 1 heterocycles. The lowest BCUT2D eigenvalue weighted by Crippen LogP contribution is -2.31. The van der Waals surface area contributed by atoms with Gasteiger partial charge in [0.15, 0.2) is 9.84 Å². The molecule has 0 saturated heterocycles. The van der Waals surface area contributed by atoms with Crippen LogP contribution in [0.5, 0.6) is 0 Å². The zero-order chi connectivity index (χ0) is 14.9. The van der Waals surface area contributed by atoms with Crippen molar-refractivity contribution in [1.29, 1.82) is 0 Å². The molecule has 21 heavy (non-hydrogen) atoms. The standard InChI is InChI=1S/C17H19NO2S/c1-13(14-7-3-2-4-8-14)18-16-11-12-21(19,20)17-10-6-5-9-15(16)17/h2-10,13,16,18H,11-12H2,1H3/t13-,16?/m1/s1. The molecule has 1 aliphatic rings. The molecule has 2 aromatic rings. The molecule has 0 spiro atoms. The van der Waals surface area contributed by atoms with E-state index in [2.05, 4.69) is 24.4 Å². The molecule has 1 aliphatic heterocycles. The van der Waals surface area contributed by atoms with Crippen molar-refractivity contribution in [3.63, 3.8) is 0 Å². The molecule has 3 nitrogen and oxygen atoms in total. The number of hydrogen-bond donors (Lipinski definition) is 1. The van der Waals surface area contributed by atoms with Crippen molar-refractivity contribution in [2.75, 3.05) is 5.75 Å². The lowest BCUT2D eigenvalue weighted by Gasteiger charge is -2.29. The number of fused-ring (bicyclic) bond motifs is 1. The van der Waals surface area contributed by atoms with Crippen molar-refractivity contribution in [2.45, 2.75) is 30.3 Å². The molecule has 0 saturated carbocycles. The SMILES string of the molecule is C[C@@H](NC1CCS(=O)(=O)c2ccccc21)c1ccccc1. The summed E-state index contributed by atoms with van der Waals surface area (Å²) in [6, 6.07) is 17.8. The van der Waals surface area contributed by atoms with E-state index < -0.39 is 9.84 Å². The molecule has 1 N–H and O–H groups in total. The van der Waals surface area contributed by atoms with Gasteiger partial charge in [-0.25, -0.2) is 8.42 Å². The highest BCUT2D eigenvalue weighted by molar-refractivity contribution is 7.91. The molecule has 0 aromatic heterocycles. The quantitative estimate of drug-likeness (QED) is 0.946. The lowest BCUT2D eigenvalue weighted by molar-refractivity contribution is 0.441. The van der Waals surface area contributed by atoms with Gasteiger partial charge in [0.25, 0.3) is 0 Å². The van der Waals surface area contributed by atoms with Crippen LogP contribution in [0.2, 0.25) is 0 Å². The molecule has 4 heteroatoms. The maximum absolute atomic E-state index is 12.1. The summed E-state index contributed by atoms with van der Waals surface area (Å²) in [5.74, 6) is 0.211. The summed E-state index contributed by atoms with van der Waals surface area (Å²) in [6.45, 7) is 2.11. The fourth-order valence-electron chi connectivity index (χ4n) is 2.90. The van der Waals surface area contributed by atoms with Crippen LogP contribution < -0.4 is 5.32 Å². The van der Waals surface area contributed by atoms with Crippen LogP contribution in [-0.4, -0.2) is 14.2 Å². The highest BCUT2D eigenvalue weighted by atomic mass is 32.2. The monoisotopic (exact) mass is 301 g/mol. The second kappa shape index (κ2) is 5.62. The van der Waals surface area contributed by atoms with Crippen LogP contribution in [0.4, 0.5) is 0 Å². The maximum atomic E-state index is 12.1. The summed E-state index contributed by atoms with van der Waals surface area (Å²) in [5, 5.41) is 3.56. The van der Waals surface area contributed by atoms with Crippen molar-refractivity contribution in [3.05, 3.63) is 65.7 Å². The Hall–Kier alpha value is -1.65. The van der Waals surface area contributed by atoms with Gasteiger partial charge in [0.05, 0.1) is 10.6 Å². The Labute approximate surface area is 125 Å². The Morgan fingerprint density at radius 2 is 1.71 bits per heavy atom. The molecule has 110 valence electrons. The second-order valence-corrected chi connectivity index (χ2v) is 7.57. The predicted octanol–water partition coefficient (Wildman–Crippen LogP) is 3.26. The first-order valence-electron chi connectivity index (χ1n) is 7.20. The van der Waals surface area contributed by atoms with E-state index in [-0.39, 0.29) is 17.8 Å². The van der Waals surface area contributed by atoms with Crippen molar-refractivity contribution in [3.8, 4) is 0 Å². The van der Waals surface area contributed by atoms with E-state index in [0.717, 1.165) is 5.56 Å². The molecular formula is C17H19NO2S. The molecule has 0 aliphatic carbocycles. The Morgan fingerprint density at radius 1 is 1.05 bits per heavy atom. The zero-order valence-corrected chi connectivity index (χ0v) is 12.8. The van der Waals surface area contributed by atoms with Crippen LogP contribution in [0, 0.1) is 0 Å². The van der Waals surface area contributed by atoms with Crippen LogP contribution in [0.25, 0.3) is 0 Å². The zero-order valence-electron chi connectivity index (χ0n) is 12.0. The van der Waals surface area contributed by atoms with Crippen molar-refractivity contribution >= 4 is 9.84 Å². The average molecular weight is 301 g/mol. The van der Waals surface area contributed by atoms with Gasteiger partial charge < -0.3 is 5.32 Å². The number of sulfone groups is 1. The van der Waals surface area contributed by atoms with Gasteiger partial charge in [0.1, 0.15) is 0 Å². The lowest BCUT2D eigenvalue weighted by atomic mass is 10.0. The summed E-state index contributed by atoms with van der Waals surface area (Å²) in [4.78, 5) is 0.481. The number of benzene rings is 2. The van der Waals surface area contributed by atoms with E-state index in [1.807, 2.05) is 30.3 Å². The fourth-order valence-corrected chi connectivity index (χ4v) is 4.52. The van der Waals surface area contributed by atoms with Crippen LogP contribution in [0.3, 0.4) is 0 Å². The van der Waals surface area contributed by atoms with E-state index in [4.69, 9.17) is 0 Å². The summed E-state index contributed by atoms with van der Waals surface area (Å²) in [7, 11) is -3.12. The van der Waals surface area contributed by atoms with E-state index >= 15 is 0 Å². The van der Waals surface area contributed by atoms with Crippen LogP contribution >= 0.6 is 0 Å². The first-order chi connectivity index (χ1) is 10.1. The average Bonchev–Trinajstić information content (AvgIpc) is 2.51. The summed E-state index contributed by atoms with van der Waals surface area (Å²) in [6.07, 6.45) is 0.622. The van der Waals surface area contributed by atoms with Crippen molar-refractivity contribution < 1.29 is 8.42 Å². The maximum Gasteiger partial charge on any atom is 0.178 e. The highest BCUT2D eigenvalue weighted by Crippen LogP contribution is 2.33. The summed E-state index contributed by atoms with van der Waals surface area (Å²) >= 11 is 0. The first kappa shape index (κ1) is 14.3. The second-order valence-electron chi connectivity index (χ2n) is 5.50. The number of hydrogen-bond acceptors (Lipinski definition) is 3. The minimum absolute atomic E-state index is 0.0833. The molecule has 0 radical (unpaired) electrons. The van der Waals surface area contributed by atoms with Gasteiger partial charge in [0.2, 0.25) is 0 Å². The third kappa shape index (κ3) is 2.87. The topological polar surface area (TPSA) is 46.2 Å². The van der Waals surface area contributed by atoms with Crippen molar-refractivity contribution in [2.24, 2.45) is 0 Å². The van der Waals surface area contributed by atoms with E-state index in [9.17, 15) is 8.42 Å². The van der Waals surface area contributed by atoms with E-state index in [0.29, 0.717) is 11.3 Å². The Balaban J connectivity index is 1.88. The molecule has 3 rings (SSSR count). The molecule has 0 amide bonds. The van der Waals surface area contributed by atoms with E-state index in [1.54, 1.807) is 12.1 Å². The largest absolute Gasteiger partial charge is 0.303 e. The molecule has 0 bridgehead atoms. The van der Waals surface area contributed by atoms with Gasteiger partial charge >= 0.3 is 0 Å². The van der Waals surface area contributed by atoms with Gasteiger partial charge in [-0.05, 0) is 30.5 Å². The molecule has 0 fully saturated rings. The van der Waals surface area contributed by atoms with Gasteiger partial charge in [-0.3, -0.25) is 0 Å². The minimum atomic E-state index is -3.12. The Bertz CT molecular complexity index is 725. The molecular weight excluding hydrogens is 282 g/mol. The van der Waals surface area contributed by atoms with Gasteiger partial charge in [-0.1, -0.05) is 48.5 Å². The first-order valence-corrected chi connectivity index (χ1v) is 8.86. The van der Waals surface area contributed by atoms with E-state index in [1.165, 1.54) is 5.56 Å². The molecule has 2 aromatic carbocycles. The Kier molecular flexibility index (Phi) is 3.83.